The van der Waals surface area contributed by atoms with Gasteiger partial charge in [0.2, 0.25) is 5.91 Å². The van der Waals surface area contributed by atoms with Crippen molar-refractivity contribution in [3.05, 3.63) is 51.4 Å². The summed E-state index contributed by atoms with van der Waals surface area (Å²) < 4.78 is 1.58. The highest BCUT2D eigenvalue weighted by molar-refractivity contribution is 7.99. The molecule has 1 aromatic heterocycles. The molecule has 1 aromatic carbocycles. The van der Waals surface area contributed by atoms with Crippen molar-refractivity contribution >= 4 is 35.0 Å². The fourth-order valence-corrected chi connectivity index (χ4v) is 3.41. The van der Waals surface area contributed by atoms with Crippen LogP contribution in [-0.2, 0) is 11.3 Å². The van der Waals surface area contributed by atoms with Crippen molar-refractivity contribution in [1.82, 2.24) is 9.55 Å². The van der Waals surface area contributed by atoms with Crippen LogP contribution in [0.25, 0.3) is 0 Å². The highest BCUT2D eigenvalue weighted by Gasteiger charge is 2.27. The van der Waals surface area contributed by atoms with Gasteiger partial charge in [0.05, 0.1) is 5.92 Å². The maximum absolute atomic E-state index is 12.4. The van der Waals surface area contributed by atoms with Gasteiger partial charge in [-0.15, -0.1) is 0 Å². The van der Waals surface area contributed by atoms with Gasteiger partial charge in [0.25, 0.3) is 5.56 Å². The van der Waals surface area contributed by atoms with Crippen LogP contribution in [0.4, 0.5) is 5.69 Å². The molecule has 2 heterocycles. The van der Waals surface area contributed by atoms with E-state index in [2.05, 4.69) is 10.3 Å². The van der Waals surface area contributed by atoms with Crippen molar-refractivity contribution in [2.75, 3.05) is 11.1 Å². The Hall–Kier alpha value is -1.79. The van der Waals surface area contributed by atoms with Crippen molar-refractivity contribution in [2.24, 2.45) is 5.92 Å². The number of benzene rings is 1. The third-order valence-electron chi connectivity index (χ3n) is 3.48. The maximum Gasteiger partial charge on any atom is 0.257 e. The average molecular weight is 336 g/mol. The minimum absolute atomic E-state index is 0.0820. The number of hydrogen-bond donors (Lipinski definition) is 1. The lowest BCUT2D eigenvalue weighted by Gasteiger charge is -2.24. The highest BCUT2D eigenvalue weighted by Crippen LogP contribution is 2.26. The van der Waals surface area contributed by atoms with Crippen LogP contribution < -0.4 is 10.9 Å². The standard InChI is InChI=1S/C15H14ClN3O2S/c1-9-6-17-15-19(14(9)21)7-10(8-22-15)13(20)18-12-4-2-11(16)3-5-12/h2-6,10H,7-8H2,1H3,(H,18,20). The van der Waals surface area contributed by atoms with E-state index in [0.29, 0.717) is 33.7 Å². The summed E-state index contributed by atoms with van der Waals surface area (Å²) in [6, 6.07) is 6.95. The number of nitrogens with zero attached hydrogens (tertiary/aromatic N) is 2. The fraction of sp³-hybridized carbons (Fsp3) is 0.267. The molecule has 1 atom stereocenters. The predicted octanol–water partition coefficient (Wildman–Crippen LogP) is 2.57. The van der Waals surface area contributed by atoms with Crippen molar-refractivity contribution < 1.29 is 4.79 Å². The number of thioether (sulfide) groups is 1. The number of fused-ring (bicyclic) bond motifs is 1. The minimum Gasteiger partial charge on any atom is -0.326 e. The Balaban J connectivity index is 1.76. The van der Waals surface area contributed by atoms with Crippen LogP contribution in [-0.4, -0.2) is 21.2 Å². The fourth-order valence-electron chi connectivity index (χ4n) is 2.24. The molecule has 0 bridgehead atoms. The van der Waals surface area contributed by atoms with Gasteiger partial charge < -0.3 is 5.32 Å². The Bertz CT molecular complexity index is 773. The van der Waals surface area contributed by atoms with E-state index >= 15 is 0 Å². The van der Waals surface area contributed by atoms with E-state index in [-0.39, 0.29) is 17.4 Å². The Morgan fingerprint density at radius 2 is 2.14 bits per heavy atom. The van der Waals surface area contributed by atoms with Gasteiger partial charge in [-0.1, -0.05) is 23.4 Å². The normalized spacial score (nSPS) is 16.9. The number of amides is 1. The topological polar surface area (TPSA) is 64.0 Å². The van der Waals surface area contributed by atoms with E-state index in [1.807, 2.05) is 0 Å². The van der Waals surface area contributed by atoms with Crippen LogP contribution in [0.5, 0.6) is 0 Å². The second-order valence-electron chi connectivity index (χ2n) is 5.14. The Kier molecular flexibility index (Phi) is 4.22. The zero-order chi connectivity index (χ0) is 15.7. The van der Waals surface area contributed by atoms with E-state index in [9.17, 15) is 9.59 Å². The van der Waals surface area contributed by atoms with E-state index in [1.54, 1.807) is 42.0 Å². The second kappa shape index (κ2) is 6.14. The molecule has 1 aliphatic heterocycles. The molecule has 5 nitrogen and oxygen atoms in total. The Labute approximate surface area is 136 Å². The second-order valence-corrected chi connectivity index (χ2v) is 6.57. The summed E-state index contributed by atoms with van der Waals surface area (Å²) in [6.07, 6.45) is 1.58. The molecule has 0 spiro atoms. The minimum atomic E-state index is -0.269. The SMILES string of the molecule is Cc1cnc2n(c1=O)CC(C(=O)Nc1ccc(Cl)cc1)CS2. The van der Waals surface area contributed by atoms with Gasteiger partial charge in [-0.25, -0.2) is 4.98 Å². The molecule has 1 N–H and O–H groups in total. The van der Waals surface area contributed by atoms with Gasteiger partial charge in [-0.3, -0.25) is 14.2 Å². The number of halogens is 1. The van der Waals surface area contributed by atoms with E-state index in [0.717, 1.165) is 0 Å². The van der Waals surface area contributed by atoms with Crippen LogP contribution in [0.3, 0.4) is 0 Å². The smallest absolute Gasteiger partial charge is 0.257 e. The lowest BCUT2D eigenvalue weighted by Crippen LogP contribution is -2.37. The number of rotatable bonds is 2. The number of hydrogen-bond acceptors (Lipinski definition) is 4. The Morgan fingerprint density at radius 1 is 1.41 bits per heavy atom. The predicted molar refractivity (Wildman–Crippen MR) is 87.5 cm³/mol. The molecule has 7 heteroatoms. The molecule has 1 amide bonds. The van der Waals surface area contributed by atoms with E-state index < -0.39 is 0 Å². The first-order chi connectivity index (χ1) is 10.5. The van der Waals surface area contributed by atoms with Crippen molar-refractivity contribution in [3.63, 3.8) is 0 Å². The zero-order valence-electron chi connectivity index (χ0n) is 11.9. The van der Waals surface area contributed by atoms with Crippen molar-refractivity contribution in [2.45, 2.75) is 18.6 Å². The monoisotopic (exact) mass is 335 g/mol. The van der Waals surface area contributed by atoms with Gasteiger partial charge in [-0.05, 0) is 31.2 Å². The number of carbonyl (C=O) groups excluding carboxylic acids is 1. The quantitative estimate of drug-likeness (QED) is 0.857. The van der Waals surface area contributed by atoms with Crippen LogP contribution in [0.15, 0.2) is 40.4 Å². The number of nitrogens with one attached hydrogen (secondary N) is 1. The van der Waals surface area contributed by atoms with Gasteiger partial charge in [0.1, 0.15) is 0 Å². The summed E-state index contributed by atoms with van der Waals surface area (Å²) in [5, 5.41) is 4.15. The van der Waals surface area contributed by atoms with Crippen LogP contribution >= 0.6 is 23.4 Å². The summed E-state index contributed by atoms with van der Waals surface area (Å²) in [7, 11) is 0. The number of aromatic nitrogens is 2. The number of anilines is 1. The molecule has 1 unspecified atom stereocenters. The van der Waals surface area contributed by atoms with Gasteiger partial charge >= 0.3 is 0 Å². The molecule has 2 aromatic rings. The number of aryl methyl sites for hydroxylation is 1. The van der Waals surface area contributed by atoms with Crippen molar-refractivity contribution in [1.29, 1.82) is 0 Å². The first-order valence-corrected chi connectivity index (χ1v) is 8.16. The molecule has 0 fully saturated rings. The molecule has 22 heavy (non-hydrogen) atoms. The maximum atomic E-state index is 12.4. The van der Waals surface area contributed by atoms with Crippen LogP contribution in [0.1, 0.15) is 5.56 Å². The molecule has 0 radical (unpaired) electrons. The Morgan fingerprint density at radius 3 is 2.86 bits per heavy atom. The van der Waals surface area contributed by atoms with E-state index in [1.165, 1.54) is 11.8 Å². The van der Waals surface area contributed by atoms with E-state index in [4.69, 9.17) is 11.6 Å². The summed E-state index contributed by atoms with van der Waals surface area (Å²) in [5.41, 5.74) is 1.20. The van der Waals surface area contributed by atoms with Crippen LogP contribution in [0, 0.1) is 12.8 Å². The molecular weight excluding hydrogens is 322 g/mol. The molecular formula is C15H14ClN3O2S. The molecule has 0 saturated carbocycles. The van der Waals surface area contributed by atoms with Gasteiger partial charge in [0, 0.05) is 34.8 Å². The zero-order valence-corrected chi connectivity index (χ0v) is 13.4. The first-order valence-electron chi connectivity index (χ1n) is 6.80. The third-order valence-corrected chi connectivity index (χ3v) is 4.89. The molecule has 114 valence electrons. The summed E-state index contributed by atoms with van der Waals surface area (Å²) in [6.45, 7) is 2.08. The number of carbonyl (C=O) groups is 1. The van der Waals surface area contributed by atoms with Crippen molar-refractivity contribution in [3.8, 4) is 0 Å². The first kappa shape index (κ1) is 15.1. The molecule has 0 aliphatic carbocycles. The summed E-state index contributed by atoms with van der Waals surface area (Å²) >= 11 is 7.26. The summed E-state index contributed by atoms with van der Waals surface area (Å²) in [5.74, 6) is 0.234. The average Bonchev–Trinajstić information content (AvgIpc) is 2.53. The lowest BCUT2D eigenvalue weighted by atomic mass is 10.1. The molecule has 1 aliphatic rings. The van der Waals surface area contributed by atoms with Gasteiger partial charge in [-0.2, -0.15) is 0 Å². The molecule has 0 saturated heterocycles. The van der Waals surface area contributed by atoms with Crippen LogP contribution in [0.2, 0.25) is 5.02 Å². The largest absolute Gasteiger partial charge is 0.326 e. The summed E-state index contributed by atoms with van der Waals surface area (Å²) in [4.78, 5) is 28.8. The molecule has 3 rings (SSSR count). The third kappa shape index (κ3) is 3.03. The van der Waals surface area contributed by atoms with Gasteiger partial charge in [0.15, 0.2) is 5.16 Å². The highest BCUT2D eigenvalue weighted by atomic mass is 35.5. The lowest BCUT2D eigenvalue weighted by molar-refractivity contribution is -0.119.